The van der Waals surface area contributed by atoms with E-state index < -0.39 is 5.97 Å². The van der Waals surface area contributed by atoms with Crippen LogP contribution in [-0.2, 0) is 4.79 Å². The maximum atomic E-state index is 10.8. The summed E-state index contributed by atoms with van der Waals surface area (Å²) in [5.41, 5.74) is 2.40. The lowest BCUT2D eigenvalue weighted by Gasteiger charge is -2.18. The van der Waals surface area contributed by atoms with Gasteiger partial charge in [0.05, 0.1) is 13.0 Å². The molecular weight excluding hydrogens is 216 g/mol. The van der Waals surface area contributed by atoms with Gasteiger partial charge in [0.15, 0.2) is 0 Å². The van der Waals surface area contributed by atoms with Gasteiger partial charge in [0.2, 0.25) is 0 Å². The number of carboxylic acid groups (broad SMARTS) is 1. The van der Waals surface area contributed by atoms with E-state index in [1.54, 1.807) is 7.11 Å². The number of hydrogen-bond donors (Lipinski definition) is 1. The number of allylic oxidation sites excluding steroid dienone is 2. The monoisotopic (exact) mass is 232 g/mol. The van der Waals surface area contributed by atoms with E-state index >= 15 is 0 Å². The molecule has 1 atom stereocenters. The van der Waals surface area contributed by atoms with Crippen LogP contribution in [0.25, 0.3) is 5.57 Å². The first-order valence-corrected chi connectivity index (χ1v) is 5.77. The first-order chi connectivity index (χ1) is 8.20. The van der Waals surface area contributed by atoms with Crippen LogP contribution in [0.3, 0.4) is 0 Å². The molecule has 1 N–H and O–H groups in total. The Balaban J connectivity index is 2.10. The number of carboxylic acids is 1. The number of ether oxygens (including phenoxy) is 1. The van der Waals surface area contributed by atoms with E-state index in [0.717, 1.165) is 24.2 Å². The third-order valence-electron chi connectivity index (χ3n) is 3.22. The zero-order valence-corrected chi connectivity index (χ0v) is 9.85. The fraction of sp³-hybridized carbons (Fsp3) is 0.357. The van der Waals surface area contributed by atoms with E-state index in [0.29, 0.717) is 6.42 Å². The second kappa shape index (κ2) is 5.04. The van der Waals surface area contributed by atoms with Gasteiger partial charge in [0, 0.05) is 0 Å². The molecule has 2 rings (SSSR count). The summed E-state index contributed by atoms with van der Waals surface area (Å²) >= 11 is 0. The molecule has 0 saturated heterocycles. The van der Waals surface area contributed by atoms with Crippen molar-refractivity contribution in [1.82, 2.24) is 0 Å². The van der Waals surface area contributed by atoms with Gasteiger partial charge < -0.3 is 9.84 Å². The Kier molecular flexibility index (Phi) is 3.47. The quantitative estimate of drug-likeness (QED) is 0.871. The van der Waals surface area contributed by atoms with Gasteiger partial charge in [-0.15, -0.1) is 0 Å². The highest BCUT2D eigenvalue weighted by molar-refractivity contribution is 5.74. The maximum absolute atomic E-state index is 10.8. The summed E-state index contributed by atoms with van der Waals surface area (Å²) in [6, 6.07) is 7.90. The molecule has 1 aromatic rings. The first-order valence-electron chi connectivity index (χ1n) is 5.77. The molecule has 1 aromatic carbocycles. The predicted octanol–water partition coefficient (Wildman–Crippen LogP) is 2.96. The van der Waals surface area contributed by atoms with Crippen LogP contribution in [0, 0.1) is 5.92 Å². The van der Waals surface area contributed by atoms with Gasteiger partial charge in [-0.1, -0.05) is 18.2 Å². The molecule has 3 nitrogen and oxygen atoms in total. The second-order valence-corrected chi connectivity index (χ2v) is 4.27. The van der Waals surface area contributed by atoms with E-state index in [4.69, 9.17) is 9.84 Å². The largest absolute Gasteiger partial charge is 0.497 e. The Bertz CT molecular complexity index is 431. The van der Waals surface area contributed by atoms with Crippen LogP contribution in [0.15, 0.2) is 30.3 Å². The standard InChI is InChI=1S/C14H16O3/c1-17-13-8-6-11(7-9-13)10-2-4-12(5-3-10)14(15)16/h2,6-9,12H,3-5H2,1H3,(H,15,16)/t12-/m0/s1. The molecule has 0 amide bonds. The van der Waals surface area contributed by atoms with Crippen LogP contribution in [-0.4, -0.2) is 18.2 Å². The van der Waals surface area contributed by atoms with Gasteiger partial charge >= 0.3 is 5.97 Å². The smallest absolute Gasteiger partial charge is 0.306 e. The third-order valence-corrected chi connectivity index (χ3v) is 3.22. The summed E-state index contributed by atoms with van der Waals surface area (Å²) in [5.74, 6) is -0.0550. The Hall–Kier alpha value is -1.77. The summed E-state index contributed by atoms with van der Waals surface area (Å²) in [6.07, 6.45) is 4.25. The van der Waals surface area contributed by atoms with Crippen molar-refractivity contribution in [1.29, 1.82) is 0 Å². The summed E-state index contributed by atoms with van der Waals surface area (Å²) in [7, 11) is 1.65. The van der Waals surface area contributed by atoms with Crippen LogP contribution in [0.5, 0.6) is 5.75 Å². The minimum absolute atomic E-state index is 0.211. The molecule has 90 valence electrons. The van der Waals surface area contributed by atoms with E-state index in [2.05, 4.69) is 0 Å². The Labute approximate surface area is 101 Å². The number of aliphatic carboxylic acids is 1. The number of hydrogen-bond acceptors (Lipinski definition) is 2. The average Bonchev–Trinajstić information content (AvgIpc) is 2.39. The molecule has 0 aromatic heterocycles. The molecule has 1 aliphatic rings. The van der Waals surface area contributed by atoms with Gasteiger partial charge in [-0.05, 0) is 42.5 Å². The number of carbonyl (C=O) groups is 1. The predicted molar refractivity (Wildman–Crippen MR) is 65.9 cm³/mol. The van der Waals surface area contributed by atoms with Crippen molar-refractivity contribution < 1.29 is 14.6 Å². The molecule has 0 fully saturated rings. The first kappa shape index (κ1) is 11.7. The highest BCUT2D eigenvalue weighted by atomic mass is 16.5. The minimum atomic E-state index is -0.685. The lowest BCUT2D eigenvalue weighted by Crippen LogP contribution is -2.15. The molecule has 0 bridgehead atoms. The van der Waals surface area contributed by atoms with E-state index in [9.17, 15) is 4.79 Å². The summed E-state index contributed by atoms with van der Waals surface area (Å²) < 4.78 is 5.11. The number of rotatable bonds is 3. The van der Waals surface area contributed by atoms with Crippen LogP contribution < -0.4 is 4.74 Å². The molecular formula is C14H16O3. The van der Waals surface area contributed by atoms with Gasteiger partial charge in [0.25, 0.3) is 0 Å². The fourth-order valence-electron chi connectivity index (χ4n) is 2.13. The molecule has 17 heavy (non-hydrogen) atoms. The van der Waals surface area contributed by atoms with Crippen molar-refractivity contribution >= 4 is 11.5 Å². The average molecular weight is 232 g/mol. The van der Waals surface area contributed by atoms with Crippen LogP contribution >= 0.6 is 0 Å². The topological polar surface area (TPSA) is 46.5 Å². The van der Waals surface area contributed by atoms with Crippen molar-refractivity contribution in [2.45, 2.75) is 19.3 Å². The Morgan fingerprint density at radius 1 is 1.35 bits per heavy atom. The third kappa shape index (κ3) is 2.67. The Morgan fingerprint density at radius 2 is 2.06 bits per heavy atom. The highest BCUT2D eigenvalue weighted by Crippen LogP contribution is 2.30. The molecule has 0 unspecified atom stereocenters. The zero-order chi connectivity index (χ0) is 12.3. The SMILES string of the molecule is COc1ccc(C2=CC[C@H](C(=O)O)CC2)cc1. The minimum Gasteiger partial charge on any atom is -0.497 e. The second-order valence-electron chi connectivity index (χ2n) is 4.27. The van der Waals surface area contributed by atoms with Crippen LogP contribution in [0.1, 0.15) is 24.8 Å². The normalized spacial score (nSPS) is 19.6. The molecule has 0 spiro atoms. The molecule has 0 heterocycles. The maximum Gasteiger partial charge on any atom is 0.306 e. The van der Waals surface area contributed by atoms with Crippen molar-refractivity contribution in [3.63, 3.8) is 0 Å². The van der Waals surface area contributed by atoms with Gasteiger partial charge in [0.1, 0.15) is 5.75 Å². The van der Waals surface area contributed by atoms with Crippen molar-refractivity contribution in [3.05, 3.63) is 35.9 Å². The highest BCUT2D eigenvalue weighted by Gasteiger charge is 2.20. The summed E-state index contributed by atoms with van der Waals surface area (Å²) in [4.78, 5) is 10.8. The lowest BCUT2D eigenvalue weighted by molar-refractivity contribution is -0.141. The van der Waals surface area contributed by atoms with Crippen molar-refractivity contribution in [2.24, 2.45) is 5.92 Å². The van der Waals surface area contributed by atoms with E-state index in [-0.39, 0.29) is 5.92 Å². The molecule has 3 heteroatoms. The molecule has 0 saturated carbocycles. The molecule has 0 radical (unpaired) electrons. The number of benzene rings is 1. The fourth-order valence-corrected chi connectivity index (χ4v) is 2.13. The lowest BCUT2D eigenvalue weighted by atomic mass is 9.87. The van der Waals surface area contributed by atoms with E-state index in [1.807, 2.05) is 30.3 Å². The summed E-state index contributed by atoms with van der Waals surface area (Å²) in [5, 5.41) is 8.92. The molecule has 1 aliphatic carbocycles. The van der Waals surface area contributed by atoms with Gasteiger partial charge in [-0.3, -0.25) is 4.79 Å². The van der Waals surface area contributed by atoms with Crippen LogP contribution in [0.4, 0.5) is 0 Å². The van der Waals surface area contributed by atoms with Crippen molar-refractivity contribution in [2.75, 3.05) is 7.11 Å². The Morgan fingerprint density at radius 3 is 2.53 bits per heavy atom. The van der Waals surface area contributed by atoms with Gasteiger partial charge in [-0.25, -0.2) is 0 Å². The van der Waals surface area contributed by atoms with E-state index in [1.165, 1.54) is 5.57 Å². The summed E-state index contributed by atoms with van der Waals surface area (Å²) in [6.45, 7) is 0. The number of methoxy groups -OCH3 is 1. The van der Waals surface area contributed by atoms with Crippen LogP contribution in [0.2, 0.25) is 0 Å². The molecule has 0 aliphatic heterocycles. The zero-order valence-electron chi connectivity index (χ0n) is 9.85. The van der Waals surface area contributed by atoms with Gasteiger partial charge in [-0.2, -0.15) is 0 Å². The van der Waals surface area contributed by atoms with Crippen molar-refractivity contribution in [3.8, 4) is 5.75 Å².